The number of ether oxygens (including phenoxy) is 1. The molecule has 1 aromatic heterocycles. The molecule has 0 aliphatic heterocycles. The van der Waals surface area contributed by atoms with E-state index in [1.165, 1.54) is 25.7 Å². The van der Waals surface area contributed by atoms with Crippen LogP contribution in [0.3, 0.4) is 0 Å². The molecule has 1 fully saturated rings. The maximum absolute atomic E-state index is 6.15. The molecule has 96 valence electrons. The second-order valence-corrected chi connectivity index (χ2v) is 5.49. The van der Waals surface area contributed by atoms with Gasteiger partial charge in [0, 0.05) is 25.3 Å². The zero-order valence-electron chi connectivity index (χ0n) is 10.9. The molecule has 0 spiro atoms. The van der Waals surface area contributed by atoms with Crippen LogP contribution in [0.15, 0.2) is 12.3 Å². The molecule has 0 amide bonds. The van der Waals surface area contributed by atoms with Crippen molar-refractivity contribution in [3.63, 3.8) is 0 Å². The van der Waals surface area contributed by atoms with E-state index in [1.807, 2.05) is 6.92 Å². The molecule has 2 N–H and O–H groups in total. The highest BCUT2D eigenvalue weighted by Gasteiger charge is 2.22. The lowest BCUT2D eigenvalue weighted by atomic mass is 9.99. The van der Waals surface area contributed by atoms with Gasteiger partial charge < -0.3 is 10.5 Å². The minimum atomic E-state index is -0.330. The van der Waals surface area contributed by atoms with Crippen molar-refractivity contribution >= 4 is 0 Å². The predicted octanol–water partition coefficient (Wildman–Crippen LogP) is 1.90. The van der Waals surface area contributed by atoms with Crippen molar-refractivity contribution < 1.29 is 4.74 Å². The topological polar surface area (TPSA) is 53.1 Å². The van der Waals surface area contributed by atoms with E-state index < -0.39 is 0 Å². The van der Waals surface area contributed by atoms with Gasteiger partial charge in [-0.1, -0.05) is 12.8 Å². The highest BCUT2D eigenvalue weighted by molar-refractivity contribution is 5.05. The number of hydrogen-bond acceptors (Lipinski definition) is 3. The lowest BCUT2D eigenvalue weighted by Gasteiger charge is -2.22. The largest absolute Gasteiger partial charge is 0.383 e. The quantitative estimate of drug-likeness (QED) is 0.851. The molecule has 1 atom stereocenters. The van der Waals surface area contributed by atoms with E-state index in [4.69, 9.17) is 10.5 Å². The number of hydrogen-bond donors (Lipinski definition) is 1. The third kappa shape index (κ3) is 3.30. The Hall–Kier alpha value is -0.870. The van der Waals surface area contributed by atoms with Crippen molar-refractivity contribution in [1.82, 2.24) is 9.78 Å². The Morgan fingerprint density at radius 2 is 2.24 bits per heavy atom. The molecule has 4 heteroatoms. The van der Waals surface area contributed by atoms with Crippen molar-refractivity contribution in [2.45, 2.75) is 50.6 Å². The minimum absolute atomic E-state index is 0.330. The van der Waals surface area contributed by atoms with Crippen LogP contribution in [0.1, 0.15) is 44.3 Å². The number of rotatable bonds is 5. The molecular weight excluding hydrogens is 214 g/mol. The number of nitrogens with zero attached hydrogens (tertiary/aromatic N) is 2. The van der Waals surface area contributed by atoms with Crippen molar-refractivity contribution in [1.29, 1.82) is 0 Å². The summed E-state index contributed by atoms with van der Waals surface area (Å²) >= 11 is 0. The minimum Gasteiger partial charge on any atom is -0.383 e. The Balaban J connectivity index is 1.98. The molecule has 17 heavy (non-hydrogen) atoms. The van der Waals surface area contributed by atoms with Crippen molar-refractivity contribution in [2.75, 3.05) is 13.7 Å². The molecular formula is C13H23N3O. The van der Waals surface area contributed by atoms with Gasteiger partial charge in [0.05, 0.1) is 18.3 Å². The number of aromatic nitrogens is 2. The molecule has 1 aliphatic carbocycles. The van der Waals surface area contributed by atoms with E-state index >= 15 is 0 Å². The molecule has 1 aliphatic rings. The molecule has 1 unspecified atom stereocenters. The maximum atomic E-state index is 6.15. The summed E-state index contributed by atoms with van der Waals surface area (Å²) in [6, 6.07) is 2.69. The van der Waals surface area contributed by atoms with Crippen molar-refractivity contribution in [2.24, 2.45) is 5.73 Å². The van der Waals surface area contributed by atoms with Crippen LogP contribution in [-0.4, -0.2) is 29.0 Å². The van der Waals surface area contributed by atoms with Crippen LogP contribution in [0, 0.1) is 0 Å². The van der Waals surface area contributed by atoms with E-state index in [1.54, 1.807) is 7.11 Å². The Morgan fingerprint density at radius 3 is 2.88 bits per heavy atom. The maximum Gasteiger partial charge on any atom is 0.0643 e. The van der Waals surface area contributed by atoms with Crippen LogP contribution in [0.4, 0.5) is 0 Å². The summed E-state index contributed by atoms with van der Waals surface area (Å²) in [6.07, 6.45) is 8.04. The van der Waals surface area contributed by atoms with Crippen molar-refractivity contribution in [3.8, 4) is 0 Å². The summed E-state index contributed by atoms with van der Waals surface area (Å²) in [5, 5.41) is 4.64. The standard InChI is InChI=1S/C13H23N3O/c1-13(14,10-17-2)9-11-7-8-16(15-11)12-5-3-4-6-12/h7-8,12H,3-6,9-10,14H2,1-2H3. The fourth-order valence-electron chi connectivity index (χ4n) is 2.64. The van der Waals surface area contributed by atoms with Crippen LogP contribution in [0.2, 0.25) is 0 Å². The fourth-order valence-corrected chi connectivity index (χ4v) is 2.64. The van der Waals surface area contributed by atoms with E-state index in [-0.39, 0.29) is 5.54 Å². The summed E-state index contributed by atoms with van der Waals surface area (Å²) in [5.41, 5.74) is 6.89. The lowest BCUT2D eigenvalue weighted by Crippen LogP contribution is -2.43. The summed E-state index contributed by atoms with van der Waals surface area (Å²) in [5.74, 6) is 0. The van der Waals surface area contributed by atoms with Gasteiger partial charge in [-0.05, 0) is 25.8 Å². The lowest BCUT2D eigenvalue weighted by molar-refractivity contribution is 0.140. The van der Waals surface area contributed by atoms with Gasteiger partial charge in [-0.3, -0.25) is 4.68 Å². The molecule has 1 heterocycles. The average molecular weight is 237 g/mol. The van der Waals surface area contributed by atoms with Gasteiger partial charge in [0.25, 0.3) is 0 Å². The summed E-state index contributed by atoms with van der Waals surface area (Å²) < 4.78 is 7.24. The molecule has 0 aromatic carbocycles. The molecule has 0 radical (unpaired) electrons. The first kappa shape index (κ1) is 12.6. The second kappa shape index (κ2) is 5.19. The predicted molar refractivity (Wildman–Crippen MR) is 67.9 cm³/mol. The van der Waals surface area contributed by atoms with Gasteiger partial charge >= 0.3 is 0 Å². The highest BCUT2D eigenvalue weighted by atomic mass is 16.5. The van der Waals surface area contributed by atoms with Crippen LogP contribution < -0.4 is 5.73 Å². The zero-order valence-corrected chi connectivity index (χ0v) is 10.9. The first-order valence-electron chi connectivity index (χ1n) is 6.42. The van der Waals surface area contributed by atoms with Gasteiger partial charge in [0.2, 0.25) is 0 Å². The monoisotopic (exact) mass is 237 g/mol. The third-order valence-corrected chi connectivity index (χ3v) is 3.42. The fraction of sp³-hybridized carbons (Fsp3) is 0.769. The molecule has 4 nitrogen and oxygen atoms in total. The Kier molecular flexibility index (Phi) is 3.84. The first-order valence-corrected chi connectivity index (χ1v) is 6.42. The van der Waals surface area contributed by atoms with Gasteiger partial charge in [-0.2, -0.15) is 5.10 Å². The summed E-state index contributed by atoms with van der Waals surface area (Å²) in [6.45, 7) is 2.56. The summed E-state index contributed by atoms with van der Waals surface area (Å²) in [7, 11) is 1.68. The van der Waals surface area contributed by atoms with Crippen LogP contribution >= 0.6 is 0 Å². The number of nitrogens with two attached hydrogens (primary N) is 1. The van der Waals surface area contributed by atoms with Gasteiger partial charge in [0.15, 0.2) is 0 Å². The smallest absolute Gasteiger partial charge is 0.0643 e. The Bertz CT molecular complexity index is 353. The number of methoxy groups -OCH3 is 1. The van der Waals surface area contributed by atoms with E-state index in [0.717, 1.165) is 12.1 Å². The van der Waals surface area contributed by atoms with Crippen LogP contribution in [0.25, 0.3) is 0 Å². The van der Waals surface area contributed by atoms with Gasteiger partial charge in [-0.15, -0.1) is 0 Å². The van der Waals surface area contributed by atoms with Gasteiger partial charge in [0.1, 0.15) is 0 Å². The zero-order chi connectivity index (χ0) is 12.3. The molecule has 1 aromatic rings. The molecule has 0 bridgehead atoms. The highest BCUT2D eigenvalue weighted by Crippen LogP contribution is 2.28. The van der Waals surface area contributed by atoms with E-state index in [0.29, 0.717) is 12.6 Å². The van der Waals surface area contributed by atoms with Gasteiger partial charge in [-0.25, -0.2) is 0 Å². The Morgan fingerprint density at radius 1 is 1.53 bits per heavy atom. The average Bonchev–Trinajstić information content (AvgIpc) is 2.85. The first-order chi connectivity index (χ1) is 8.11. The third-order valence-electron chi connectivity index (χ3n) is 3.42. The SMILES string of the molecule is COCC(C)(N)Cc1ccn(C2CCCC2)n1. The molecule has 0 saturated heterocycles. The van der Waals surface area contributed by atoms with E-state index in [2.05, 4.69) is 22.0 Å². The van der Waals surface area contributed by atoms with E-state index in [9.17, 15) is 0 Å². The molecule has 2 rings (SSSR count). The second-order valence-electron chi connectivity index (χ2n) is 5.49. The van der Waals surface area contributed by atoms with Crippen molar-refractivity contribution in [3.05, 3.63) is 18.0 Å². The van der Waals surface area contributed by atoms with Crippen LogP contribution in [-0.2, 0) is 11.2 Å². The Labute approximate surface area is 103 Å². The molecule has 1 saturated carbocycles. The normalized spacial score (nSPS) is 20.6. The van der Waals surface area contributed by atoms with Crippen LogP contribution in [0.5, 0.6) is 0 Å². The summed E-state index contributed by atoms with van der Waals surface area (Å²) in [4.78, 5) is 0.